The first-order valence-electron chi connectivity index (χ1n) is 6.69. The number of aliphatic carboxylic acids is 1. The Morgan fingerprint density at radius 3 is 3.14 bits per heavy atom. The van der Waals surface area contributed by atoms with Crippen LogP contribution < -0.4 is 0 Å². The third-order valence-corrected chi connectivity index (χ3v) is 3.57. The molecule has 0 radical (unpaired) electrons. The van der Waals surface area contributed by atoms with Crippen molar-refractivity contribution in [2.75, 3.05) is 19.8 Å². The molecule has 3 rings (SSSR count). The largest absolute Gasteiger partial charge is 0.481 e. The van der Waals surface area contributed by atoms with Crippen LogP contribution in [-0.2, 0) is 9.53 Å². The molecule has 7 heteroatoms. The molecule has 2 heterocycles. The number of nitrogens with one attached hydrogen (secondary N) is 1. The standard InChI is InChI=1S/C14H15N3O4/c18-13(19)6-10-7-21-4-3-17(10)14(20)9-1-2-11-12(5-9)16-8-15-11/h1-2,5,8,10H,3-4,6-7H2,(H,15,16)(H,18,19). The van der Waals surface area contributed by atoms with Crippen molar-refractivity contribution >= 4 is 22.9 Å². The quantitative estimate of drug-likeness (QED) is 0.874. The van der Waals surface area contributed by atoms with Crippen molar-refractivity contribution in [2.24, 2.45) is 0 Å². The number of nitrogens with zero attached hydrogens (tertiary/aromatic N) is 2. The smallest absolute Gasteiger partial charge is 0.305 e. The molecule has 1 fully saturated rings. The van der Waals surface area contributed by atoms with Crippen molar-refractivity contribution in [2.45, 2.75) is 12.5 Å². The number of imidazole rings is 1. The van der Waals surface area contributed by atoms with Crippen molar-refractivity contribution in [1.82, 2.24) is 14.9 Å². The first-order valence-corrected chi connectivity index (χ1v) is 6.69. The Bertz CT molecular complexity index is 682. The van der Waals surface area contributed by atoms with Crippen LogP contribution in [0.4, 0.5) is 0 Å². The topological polar surface area (TPSA) is 95.5 Å². The zero-order chi connectivity index (χ0) is 14.8. The maximum atomic E-state index is 12.6. The Labute approximate surface area is 120 Å². The van der Waals surface area contributed by atoms with Gasteiger partial charge >= 0.3 is 5.97 Å². The summed E-state index contributed by atoms with van der Waals surface area (Å²) < 4.78 is 5.28. The first kappa shape index (κ1) is 13.6. The minimum absolute atomic E-state index is 0.113. The van der Waals surface area contributed by atoms with Crippen molar-refractivity contribution in [3.63, 3.8) is 0 Å². The lowest BCUT2D eigenvalue weighted by Crippen LogP contribution is -2.49. The lowest BCUT2D eigenvalue weighted by atomic mass is 10.1. The Balaban J connectivity index is 1.85. The SMILES string of the molecule is O=C(O)CC1COCCN1C(=O)c1ccc2nc[nH]c2c1. The van der Waals surface area contributed by atoms with Gasteiger partial charge in [-0.1, -0.05) is 0 Å². The number of aromatic nitrogens is 2. The molecule has 0 spiro atoms. The number of fused-ring (bicyclic) bond motifs is 1. The van der Waals surface area contributed by atoms with Crippen molar-refractivity contribution < 1.29 is 19.4 Å². The number of hydrogen-bond acceptors (Lipinski definition) is 4. The molecule has 1 saturated heterocycles. The normalized spacial score (nSPS) is 18.9. The van der Waals surface area contributed by atoms with Crippen LogP contribution in [0, 0.1) is 0 Å². The molecule has 1 aromatic heterocycles. The van der Waals surface area contributed by atoms with Crippen molar-refractivity contribution in [3.05, 3.63) is 30.1 Å². The van der Waals surface area contributed by atoms with Crippen molar-refractivity contribution in [1.29, 1.82) is 0 Å². The van der Waals surface area contributed by atoms with E-state index in [9.17, 15) is 9.59 Å². The van der Waals surface area contributed by atoms with E-state index in [1.54, 1.807) is 29.4 Å². The number of carboxylic acid groups (broad SMARTS) is 1. The summed E-state index contributed by atoms with van der Waals surface area (Å²) in [5, 5.41) is 8.94. The summed E-state index contributed by atoms with van der Waals surface area (Å²) in [6, 6.07) is 4.78. The third kappa shape index (κ3) is 2.73. The van der Waals surface area contributed by atoms with Crippen LogP contribution in [0.2, 0.25) is 0 Å². The minimum atomic E-state index is -0.938. The second-order valence-corrected chi connectivity index (χ2v) is 4.96. The Morgan fingerprint density at radius 1 is 1.48 bits per heavy atom. The predicted molar refractivity (Wildman–Crippen MR) is 74.0 cm³/mol. The van der Waals surface area contributed by atoms with Gasteiger partial charge in [-0.15, -0.1) is 0 Å². The van der Waals surface area contributed by atoms with E-state index in [-0.39, 0.29) is 18.9 Å². The monoisotopic (exact) mass is 289 g/mol. The van der Waals surface area contributed by atoms with E-state index >= 15 is 0 Å². The van der Waals surface area contributed by atoms with Gasteiger partial charge in [-0.05, 0) is 18.2 Å². The summed E-state index contributed by atoms with van der Waals surface area (Å²) >= 11 is 0. The number of carbonyl (C=O) groups excluding carboxylic acids is 1. The summed E-state index contributed by atoms with van der Waals surface area (Å²) in [4.78, 5) is 32.2. The summed E-state index contributed by atoms with van der Waals surface area (Å²) in [6.45, 7) is 1.08. The van der Waals surface area contributed by atoms with Gasteiger partial charge in [-0.2, -0.15) is 0 Å². The first-order chi connectivity index (χ1) is 10.1. The maximum Gasteiger partial charge on any atom is 0.305 e. The molecule has 0 aliphatic carbocycles. The van der Waals surface area contributed by atoms with Crippen LogP contribution in [0.25, 0.3) is 11.0 Å². The molecular weight excluding hydrogens is 274 g/mol. The number of carboxylic acids is 1. The molecule has 0 saturated carbocycles. The number of aromatic amines is 1. The molecule has 1 aliphatic heterocycles. The van der Waals surface area contributed by atoms with Gasteiger partial charge in [0, 0.05) is 12.1 Å². The predicted octanol–water partition coefficient (Wildman–Crippen LogP) is 0.879. The molecular formula is C14H15N3O4. The summed E-state index contributed by atoms with van der Waals surface area (Å²) in [5.41, 5.74) is 2.09. The maximum absolute atomic E-state index is 12.6. The molecule has 0 bridgehead atoms. The molecule has 2 aromatic rings. The number of ether oxygens (including phenoxy) is 1. The van der Waals surface area contributed by atoms with Crippen LogP contribution in [0.1, 0.15) is 16.8 Å². The molecule has 1 aromatic carbocycles. The molecule has 2 N–H and O–H groups in total. The molecule has 1 unspecified atom stereocenters. The number of rotatable bonds is 3. The van der Waals surface area contributed by atoms with Crippen LogP contribution in [0.3, 0.4) is 0 Å². The molecule has 7 nitrogen and oxygen atoms in total. The van der Waals surface area contributed by atoms with Crippen LogP contribution in [0.15, 0.2) is 24.5 Å². The second kappa shape index (κ2) is 5.53. The highest BCUT2D eigenvalue weighted by Gasteiger charge is 2.29. The number of amides is 1. The van der Waals surface area contributed by atoms with Gasteiger partial charge in [0.1, 0.15) is 0 Å². The van der Waals surface area contributed by atoms with E-state index in [1.165, 1.54) is 0 Å². The van der Waals surface area contributed by atoms with Gasteiger partial charge in [0.25, 0.3) is 5.91 Å². The highest BCUT2D eigenvalue weighted by atomic mass is 16.5. The van der Waals surface area contributed by atoms with E-state index < -0.39 is 12.0 Å². The van der Waals surface area contributed by atoms with E-state index in [1.807, 2.05) is 0 Å². The Hall–Kier alpha value is -2.41. The zero-order valence-electron chi connectivity index (χ0n) is 11.3. The lowest BCUT2D eigenvalue weighted by molar-refractivity contribution is -0.139. The average molecular weight is 289 g/mol. The lowest BCUT2D eigenvalue weighted by Gasteiger charge is -2.34. The molecule has 1 atom stereocenters. The number of hydrogen-bond donors (Lipinski definition) is 2. The van der Waals surface area contributed by atoms with Crippen LogP contribution >= 0.6 is 0 Å². The number of H-pyrrole nitrogens is 1. The van der Waals surface area contributed by atoms with Gasteiger partial charge in [0.2, 0.25) is 0 Å². The van der Waals surface area contributed by atoms with E-state index in [4.69, 9.17) is 9.84 Å². The Morgan fingerprint density at radius 2 is 2.33 bits per heavy atom. The molecule has 110 valence electrons. The second-order valence-electron chi connectivity index (χ2n) is 4.96. The van der Waals surface area contributed by atoms with Crippen LogP contribution in [-0.4, -0.2) is 57.7 Å². The third-order valence-electron chi connectivity index (χ3n) is 3.57. The number of benzene rings is 1. The van der Waals surface area contributed by atoms with Gasteiger partial charge in [0.05, 0.1) is 43.0 Å². The molecule has 21 heavy (non-hydrogen) atoms. The summed E-state index contributed by atoms with van der Waals surface area (Å²) in [5.74, 6) is -1.12. The highest BCUT2D eigenvalue weighted by molar-refractivity contribution is 5.97. The highest BCUT2D eigenvalue weighted by Crippen LogP contribution is 2.18. The summed E-state index contributed by atoms with van der Waals surface area (Å²) in [7, 11) is 0. The van der Waals surface area contributed by atoms with E-state index in [0.29, 0.717) is 18.7 Å². The summed E-state index contributed by atoms with van der Waals surface area (Å²) in [6.07, 6.45) is 1.46. The Kier molecular flexibility index (Phi) is 3.57. The van der Waals surface area contributed by atoms with Gasteiger partial charge in [0.15, 0.2) is 0 Å². The molecule has 1 aliphatic rings. The minimum Gasteiger partial charge on any atom is -0.481 e. The van der Waals surface area contributed by atoms with Gasteiger partial charge < -0.3 is 19.7 Å². The van der Waals surface area contributed by atoms with Gasteiger partial charge in [-0.25, -0.2) is 4.98 Å². The van der Waals surface area contributed by atoms with Gasteiger partial charge in [-0.3, -0.25) is 9.59 Å². The fraction of sp³-hybridized carbons (Fsp3) is 0.357. The molecule has 1 amide bonds. The average Bonchev–Trinajstić information content (AvgIpc) is 2.94. The number of carbonyl (C=O) groups is 2. The van der Waals surface area contributed by atoms with E-state index in [2.05, 4.69) is 9.97 Å². The number of morpholine rings is 1. The van der Waals surface area contributed by atoms with Crippen molar-refractivity contribution in [3.8, 4) is 0 Å². The fourth-order valence-electron chi connectivity index (χ4n) is 2.53. The zero-order valence-corrected chi connectivity index (χ0v) is 11.3. The van der Waals surface area contributed by atoms with E-state index in [0.717, 1.165) is 11.0 Å². The fourth-order valence-corrected chi connectivity index (χ4v) is 2.53. The van der Waals surface area contributed by atoms with Crippen LogP contribution in [0.5, 0.6) is 0 Å².